The van der Waals surface area contributed by atoms with Crippen molar-refractivity contribution in [1.82, 2.24) is 5.32 Å². The van der Waals surface area contributed by atoms with Gasteiger partial charge in [0.05, 0.1) is 6.54 Å². The SMILES string of the molecule is Cc1cccc(C)c1CC(=O)CNC(C)C. The zero-order valence-corrected chi connectivity index (χ0v) is 10.6. The van der Waals surface area contributed by atoms with Crippen molar-refractivity contribution >= 4 is 5.78 Å². The first-order chi connectivity index (χ1) is 7.50. The van der Waals surface area contributed by atoms with Crippen LogP contribution in [0.1, 0.15) is 30.5 Å². The van der Waals surface area contributed by atoms with Crippen molar-refractivity contribution in [3.63, 3.8) is 0 Å². The highest BCUT2D eigenvalue weighted by Gasteiger charge is 2.08. The van der Waals surface area contributed by atoms with Gasteiger partial charge in [-0.05, 0) is 30.5 Å². The molecule has 0 bridgehead atoms. The molecule has 0 fully saturated rings. The van der Waals surface area contributed by atoms with Crippen molar-refractivity contribution in [2.75, 3.05) is 6.54 Å². The lowest BCUT2D eigenvalue weighted by Gasteiger charge is -2.10. The first-order valence-corrected chi connectivity index (χ1v) is 5.81. The Morgan fingerprint density at radius 2 is 1.81 bits per heavy atom. The molecule has 0 radical (unpaired) electrons. The summed E-state index contributed by atoms with van der Waals surface area (Å²) in [5.41, 5.74) is 3.59. The van der Waals surface area contributed by atoms with Gasteiger partial charge in [0.1, 0.15) is 0 Å². The molecule has 0 heterocycles. The molecule has 0 aliphatic heterocycles. The summed E-state index contributed by atoms with van der Waals surface area (Å²) in [6, 6.07) is 6.52. The summed E-state index contributed by atoms with van der Waals surface area (Å²) >= 11 is 0. The maximum absolute atomic E-state index is 11.8. The predicted octanol–water partition coefficient (Wildman–Crippen LogP) is 2.41. The van der Waals surface area contributed by atoms with Crippen molar-refractivity contribution in [3.05, 3.63) is 34.9 Å². The van der Waals surface area contributed by atoms with E-state index in [0.717, 1.165) is 0 Å². The predicted molar refractivity (Wildman–Crippen MR) is 67.8 cm³/mol. The van der Waals surface area contributed by atoms with Crippen LogP contribution in [0.2, 0.25) is 0 Å². The second kappa shape index (κ2) is 5.80. The minimum atomic E-state index is 0.256. The monoisotopic (exact) mass is 219 g/mol. The first-order valence-electron chi connectivity index (χ1n) is 5.81. The Kier molecular flexibility index (Phi) is 4.69. The highest BCUT2D eigenvalue weighted by atomic mass is 16.1. The molecule has 0 saturated heterocycles. The van der Waals surface area contributed by atoms with Crippen LogP contribution in [0.15, 0.2) is 18.2 Å². The second-order valence-electron chi connectivity index (χ2n) is 4.62. The van der Waals surface area contributed by atoms with Crippen LogP contribution in [0.4, 0.5) is 0 Å². The molecule has 0 saturated carbocycles. The van der Waals surface area contributed by atoms with E-state index in [1.165, 1.54) is 16.7 Å². The summed E-state index contributed by atoms with van der Waals surface area (Å²) < 4.78 is 0. The number of ketones is 1. The van der Waals surface area contributed by atoms with Crippen LogP contribution in [-0.2, 0) is 11.2 Å². The molecule has 0 spiro atoms. The third kappa shape index (κ3) is 3.78. The van der Waals surface area contributed by atoms with Gasteiger partial charge in [-0.2, -0.15) is 0 Å². The molecule has 2 nitrogen and oxygen atoms in total. The van der Waals surface area contributed by atoms with Crippen LogP contribution >= 0.6 is 0 Å². The molecule has 16 heavy (non-hydrogen) atoms. The molecular weight excluding hydrogens is 198 g/mol. The van der Waals surface area contributed by atoms with E-state index in [2.05, 4.69) is 31.3 Å². The standard InChI is InChI=1S/C14H21NO/c1-10(2)15-9-13(16)8-14-11(3)6-5-7-12(14)4/h5-7,10,15H,8-9H2,1-4H3. The molecule has 1 aromatic carbocycles. The third-order valence-corrected chi connectivity index (χ3v) is 2.73. The van der Waals surface area contributed by atoms with E-state index in [4.69, 9.17) is 0 Å². The lowest BCUT2D eigenvalue weighted by atomic mass is 9.98. The number of nitrogens with one attached hydrogen (secondary N) is 1. The Bertz CT molecular complexity index is 349. The van der Waals surface area contributed by atoms with Gasteiger partial charge >= 0.3 is 0 Å². The number of Topliss-reactive ketones (excluding diaryl/α,β-unsaturated/α-hetero) is 1. The number of carbonyl (C=O) groups is 1. The van der Waals surface area contributed by atoms with E-state index in [0.29, 0.717) is 19.0 Å². The highest BCUT2D eigenvalue weighted by molar-refractivity contribution is 5.83. The van der Waals surface area contributed by atoms with Gasteiger partial charge in [-0.3, -0.25) is 4.79 Å². The maximum Gasteiger partial charge on any atom is 0.150 e. The minimum absolute atomic E-state index is 0.256. The lowest BCUT2D eigenvalue weighted by molar-refractivity contribution is -0.117. The van der Waals surface area contributed by atoms with Gasteiger partial charge in [0.2, 0.25) is 0 Å². The summed E-state index contributed by atoms with van der Waals surface area (Å²) in [4.78, 5) is 11.8. The van der Waals surface area contributed by atoms with E-state index in [9.17, 15) is 4.79 Å². The molecule has 0 unspecified atom stereocenters. The lowest BCUT2D eigenvalue weighted by Crippen LogP contribution is -2.30. The van der Waals surface area contributed by atoms with Crippen molar-refractivity contribution in [2.24, 2.45) is 0 Å². The molecule has 0 aromatic heterocycles. The van der Waals surface area contributed by atoms with Gasteiger partial charge in [0.15, 0.2) is 5.78 Å². The van der Waals surface area contributed by atoms with Gasteiger partial charge in [0, 0.05) is 12.5 Å². The van der Waals surface area contributed by atoms with Crippen LogP contribution in [0, 0.1) is 13.8 Å². The normalized spacial score (nSPS) is 10.8. The van der Waals surface area contributed by atoms with Crippen molar-refractivity contribution in [1.29, 1.82) is 0 Å². The van der Waals surface area contributed by atoms with Crippen molar-refractivity contribution in [3.8, 4) is 0 Å². The zero-order chi connectivity index (χ0) is 12.1. The molecule has 1 rings (SSSR count). The van der Waals surface area contributed by atoms with E-state index in [-0.39, 0.29) is 5.78 Å². The molecule has 2 heteroatoms. The number of carbonyl (C=O) groups excluding carboxylic acids is 1. The Balaban J connectivity index is 2.63. The second-order valence-corrected chi connectivity index (χ2v) is 4.62. The van der Waals surface area contributed by atoms with E-state index in [1.54, 1.807) is 0 Å². The Morgan fingerprint density at radius 1 is 1.25 bits per heavy atom. The van der Waals surface area contributed by atoms with Crippen molar-refractivity contribution in [2.45, 2.75) is 40.2 Å². The summed E-state index contributed by atoms with van der Waals surface area (Å²) in [5.74, 6) is 0.256. The van der Waals surface area contributed by atoms with Crippen LogP contribution < -0.4 is 5.32 Å². The number of aryl methyl sites for hydroxylation is 2. The average molecular weight is 219 g/mol. The fraction of sp³-hybridized carbons (Fsp3) is 0.500. The van der Waals surface area contributed by atoms with Gasteiger partial charge in [0.25, 0.3) is 0 Å². The molecule has 88 valence electrons. The van der Waals surface area contributed by atoms with Gasteiger partial charge in [-0.25, -0.2) is 0 Å². The number of rotatable bonds is 5. The fourth-order valence-corrected chi connectivity index (χ4v) is 1.71. The van der Waals surface area contributed by atoms with E-state index in [1.807, 2.05) is 19.9 Å². The molecular formula is C14H21NO. The van der Waals surface area contributed by atoms with Gasteiger partial charge in [-0.1, -0.05) is 32.0 Å². The molecule has 1 aromatic rings. The topological polar surface area (TPSA) is 29.1 Å². The molecule has 0 aliphatic carbocycles. The number of benzene rings is 1. The first kappa shape index (κ1) is 12.9. The number of hydrogen-bond acceptors (Lipinski definition) is 2. The van der Waals surface area contributed by atoms with Crippen LogP contribution in [0.3, 0.4) is 0 Å². The Morgan fingerprint density at radius 3 is 2.31 bits per heavy atom. The third-order valence-electron chi connectivity index (χ3n) is 2.73. The number of hydrogen-bond donors (Lipinski definition) is 1. The summed E-state index contributed by atoms with van der Waals surface area (Å²) in [5, 5.41) is 3.15. The van der Waals surface area contributed by atoms with Gasteiger partial charge < -0.3 is 5.32 Å². The molecule has 0 atom stereocenters. The Hall–Kier alpha value is -1.15. The van der Waals surface area contributed by atoms with E-state index >= 15 is 0 Å². The smallest absolute Gasteiger partial charge is 0.150 e. The largest absolute Gasteiger partial charge is 0.308 e. The summed E-state index contributed by atoms with van der Waals surface area (Å²) in [6.45, 7) is 8.68. The molecule has 0 aliphatic rings. The average Bonchev–Trinajstić information content (AvgIpc) is 2.21. The van der Waals surface area contributed by atoms with Crippen molar-refractivity contribution < 1.29 is 4.79 Å². The minimum Gasteiger partial charge on any atom is -0.308 e. The fourth-order valence-electron chi connectivity index (χ4n) is 1.71. The quantitative estimate of drug-likeness (QED) is 0.824. The van der Waals surface area contributed by atoms with Crippen LogP contribution in [-0.4, -0.2) is 18.4 Å². The maximum atomic E-state index is 11.8. The Labute approximate surface area is 98.1 Å². The van der Waals surface area contributed by atoms with Crippen LogP contribution in [0.5, 0.6) is 0 Å². The summed E-state index contributed by atoms with van der Waals surface area (Å²) in [7, 11) is 0. The molecule has 1 N–H and O–H groups in total. The highest BCUT2D eigenvalue weighted by Crippen LogP contribution is 2.13. The zero-order valence-electron chi connectivity index (χ0n) is 10.6. The van der Waals surface area contributed by atoms with E-state index < -0.39 is 0 Å². The van der Waals surface area contributed by atoms with Crippen LogP contribution in [0.25, 0.3) is 0 Å². The molecule has 0 amide bonds. The van der Waals surface area contributed by atoms with Gasteiger partial charge in [-0.15, -0.1) is 0 Å². The summed E-state index contributed by atoms with van der Waals surface area (Å²) in [6.07, 6.45) is 0.540.